The molecule has 0 saturated heterocycles. The van der Waals surface area contributed by atoms with Crippen LogP contribution in [0.4, 0.5) is 0 Å². The van der Waals surface area contributed by atoms with Crippen molar-refractivity contribution in [2.45, 2.75) is 13.0 Å². The minimum absolute atomic E-state index is 0.104. The lowest BCUT2D eigenvalue weighted by Gasteiger charge is -2.17. The summed E-state index contributed by atoms with van der Waals surface area (Å²) in [4.78, 5) is 24.8. The van der Waals surface area contributed by atoms with Crippen molar-refractivity contribution in [2.24, 2.45) is 0 Å². The second-order valence-corrected chi connectivity index (χ2v) is 8.52. The lowest BCUT2D eigenvalue weighted by molar-refractivity contribution is -0.127. The van der Waals surface area contributed by atoms with E-state index in [1.807, 2.05) is 30.3 Å². The number of thiocarbonyl (C=S) groups is 1. The number of para-hydroxylation sites is 1. The van der Waals surface area contributed by atoms with Crippen molar-refractivity contribution in [1.29, 1.82) is 0 Å². The first-order chi connectivity index (χ1) is 17.3. The van der Waals surface area contributed by atoms with Gasteiger partial charge in [-0.3, -0.25) is 25.8 Å². The number of benzene rings is 3. The predicted molar refractivity (Wildman–Crippen MR) is 142 cm³/mol. The number of nitrogens with one attached hydrogen (secondary N) is 3. The van der Waals surface area contributed by atoms with Crippen molar-refractivity contribution in [3.05, 3.63) is 88.4 Å². The topological polar surface area (TPSA) is 97.9 Å². The van der Waals surface area contributed by atoms with Crippen LogP contribution in [-0.4, -0.2) is 36.2 Å². The summed E-state index contributed by atoms with van der Waals surface area (Å²) < 4.78 is 16.8. The maximum absolute atomic E-state index is 12.5. The Morgan fingerprint density at radius 3 is 2.31 bits per heavy atom. The second-order valence-electron chi connectivity index (χ2n) is 7.27. The molecule has 0 aliphatic rings. The number of hydrogen-bond acceptors (Lipinski definition) is 6. The number of rotatable bonds is 9. The summed E-state index contributed by atoms with van der Waals surface area (Å²) in [7, 11) is 0. The Balaban J connectivity index is 1.41. The highest BCUT2D eigenvalue weighted by Crippen LogP contribution is 2.28. The summed E-state index contributed by atoms with van der Waals surface area (Å²) in [6.07, 6.45) is -0.908. The lowest BCUT2D eigenvalue weighted by Crippen LogP contribution is -2.51. The molecule has 8 nitrogen and oxygen atoms in total. The average Bonchev–Trinajstić information content (AvgIpc) is 2.87. The van der Waals surface area contributed by atoms with E-state index in [-0.39, 0.29) is 10.1 Å². The molecule has 0 aromatic heterocycles. The highest BCUT2D eigenvalue weighted by Gasteiger charge is 2.17. The molecule has 188 valence electrons. The molecule has 0 spiro atoms. The highest BCUT2D eigenvalue weighted by molar-refractivity contribution is 7.80. The molecule has 3 rings (SSSR count). The molecular weight excluding hydrogens is 525 g/mol. The van der Waals surface area contributed by atoms with Gasteiger partial charge in [0.15, 0.2) is 11.2 Å². The molecule has 3 N–H and O–H groups in total. The summed E-state index contributed by atoms with van der Waals surface area (Å²) in [5, 5.41) is 3.09. The summed E-state index contributed by atoms with van der Waals surface area (Å²) in [5.41, 5.74) is 5.16. The third-order valence-corrected chi connectivity index (χ3v) is 5.29. The van der Waals surface area contributed by atoms with E-state index in [9.17, 15) is 9.59 Å². The van der Waals surface area contributed by atoms with Gasteiger partial charge in [0.05, 0.1) is 5.02 Å². The van der Waals surface area contributed by atoms with Crippen LogP contribution in [0, 0.1) is 0 Å². The third-order valence-electron chi connectivity index (χ3n) is 4.55. The zero-order valence-corrected chi connectivity index (χ0v) is 21.5. The molecular formula is C25H23Cl2N3O5S. The van der Waals surface area contributed by atoms with E-state index in [1.54, 1.807) is 36.4 Å². The van der Waals surface area contributed by atoms with E-state index in [4.69, 9.17) is 49.6 Å². The first kappa shape index (κ1) is 27.1. The standard InChI is InChI=1S/C25H23Cl2N3O5S/c1-16(35-22-11-10-18(26)15-21(22)27)23(31)29-30-25(36)28-24(32)17-6-5-9-20(14-17)34-13-12-33-19-7-3-2-4-8-19/h2-11,14-16H,12-13H2,1H3,(H,29,31)(H2,28,30,32,36). The molecule has 1 atom stereocenters. The van der Waals surface area contributed by atoms with Crippen LogP contribution in [0.25, 0.3) is 0 Å². The van der Waals surface area contributed by atoms with Crippen LogP contribution in [0.3, 0.4) is 0 Å². The summed E-state index contributed by atoms with van der Waals surface area (Å²) in [5.74, 6) is 0.527. The van der Waals surface area contributed by atoms with E-state index < -0.39 is 17.9 Å². The molecule has 0 aliphatic heterocycles. The van der Waals surface area contributed by atoms with E-state index in [2.05, 4.69) is 16.2 Å². The number of carbonyl (C=O) groups excluding carboxylic acids is 2. The van der Waals surface area contributed by atoms with Crippen molar-refractivity contribution in [2.75, 3.05) is 13.2 Å². The largest absolute Gasteiger partial charge is 0.490 e. The zero-order chi connectivity index (χ0) is 25.9. The monoisotopic (exact) mass is 547 g/mol. The molecule has 3 aromatic rings. The second kappa shape index (κ2) is 13.5. The minimum atomic E-state index is -0.908. The lowest BCUT2D eigenvalue weighted by atomic mass is 10.2. The number of carbonyl (C=O) groups is 2. The number of halogens is 2. The molecule has 11 heteroatoms. The Kier molecular flexibility index (Phi) is 10.2. The van der Waals surface area contributed by atoms with Crippen LogP contribution in [0.5, 0.6) is 17.2 Å². The Hall–Kier alpha value is -3.53. The van der Waals surface area contributed by atoms with Crippen molar-refractivity contribution < 1.29 is 23.8 Å². The number of amides is 2. The van der Waals surface area contributed by atoms with Gasteiger partial charge in [-0.15, -0.1) is 0 Å². The van der Waals surface area contributed by atoms with Crippen molar-refractivity contribution in [3.8, 4) is 17.2 Å². The Morgan fingerprint density at radius 1 is 0.889 bits per heavy atom. The van der Waals surface area contributed by atoms with Crippen LogP contribution in [0.2, 0.25) is 10.0 Å². The van der Waals surface area contributed by atoms with Crippen molar-refractivity contribution in [3.63, 3.8) is 0 Å². The van der Waals surface area contributed by atoms with E-state index in [0.29, 0.717) is 35.3 Å². The Bertz CT molecular complexity index is 1210. The van der Waals surface area contributed by atoms with Gasteiger partial charge in [0.25, 0.3) is 11.8 Å². The summed E-state index contributed by atoms with van der Waals surface area (Å²) in [6.45, 7) is 2.17. The zero-order valence-electron chi connectivity index (χ0n) is 19.1. The van der Waals surface area contributed by atoms with Gasteiger partial charge in [-0.25, -0.2) is 0 Å². The fraction of sp³-hybridized carbons (Fsp3) is 0.160. The Labute approximate surface area is 223 Å². The predicted octanol–water partition coefficient (Wildman–Crippen LogP) is 4.55. The first-order valence-electron chi connectivity index (χ1n) is 10.8. The van der Waals surface area contributed by atoms with Gasteiger partial charge in [-0.2, -0.15) is 0 Å². The van der Waals surface area contributed by atoms with Crippen LogP contribution < -0.4 is 30.4 Å². The minimum Gasteiger partial charge on any atom is -0.490 e. The molecule has 36 heavy (non-hydrogen) atoms. The fourth-order valence-corrected chi connectivity index (χ4v) is 3.40. The normalized spacial score (nSPS) is 11.1. The smallest absolute Gasteiger partial charge is 0.279 e. The highest BCUT2D eigenvalue weighted by atomic mass is 35.5. The molecule has 0 aliphatic carbocycles. The van der Waals surface area contributed by atoms with Gasteiger partial charge >= 0.3 is 0 Å². The van der Waals surface area contributed by atoms with Gasteiger partial charge in [-0.1, -0.05) is 47.5 Å². The van der Waals surface area contributed by atoms with Crippen molar-refractivity contribution >= 4 is 52.3 Å². The first-order valence-corrected chi connectivity index (χ1v) is 11.9. The van der Waals surface area contributed by atoms with E-state index in [0.717, 1.165) is 5.75 Å². The molecule has 0 heterocycles. The average molecular weight is 548 g/mol. The maximum atomic E-state index is 12.5. The molecule has 0 saturated carbocycles. The number of hydrazine groups is 1. The van der Waals surface area contributed by atoms with Gasteiger partial charge in [0, 0.05) is 10.6 Å². The summed E-state index contributed by atoms with van der Waals surface area (Å²) in [6, 6.07) is 20.6. The summed E-state index contributed by atoms with van der Waals surface area (Å²) >= 11 is 17.0. The van der Waals surface area contributed by atoms with E-state index in [1.165, 1.54) is 13.0 Å². The van der Waals surface area contributed by atoms with Crippen molar-refractivity contribution in [1.82, 2.24) is 16.2 Å². The molecule has 3 aromatic carbocycles. The third kappa shape index (κ3) is 8.60. The van der Waals surface area contributed by atoms with Gasteiger partial charge in [0.1, 0.15) is 30.5 Å². The van der Waals surface area contributed by atoms with Crippen LogP contribution in [0.15, 0.2) is 72.8 Å². The number of hydrogen-bond donors (Lipinski definition) is 3. The van der Waals surface area contributed by atoms with Gasteiger partial charge in [0.2, 0.25) is 0 Å². The number of ether oxygens (including phenoxy) is 3. The maximum Gasteiger partial charge on any atom is 0.279 e. The molecule has 0 bridgehead atoms. The van der Waals surface area contributed by atoms with E-state index >= 15 is 0 Å². The molecule has 1 unspecified atom stereocenters. The Morgan fingerprint density at radius 2 is 1.58 bits per heavy atom. The van der Waals surface area contributed by atoms with Gasteiger partial charge < -0.3 is 14.2 Å². The molecule has 0 fully saturated rings. The molecule has 0 radical (unpaired) electrons. The van der Waals surface area contributed by atoms with Gasteiger partial charge in [-0.05, 0) is 67.7 Å². The van der Waals surface area contributed by atoms with Crippen LogP contribution in [-0.2, 0) is 4.79 Å². The van der Waals surface area contributed by atoms with Crippen LogP contribution >= 0.6 is 35.4 Å². The fourth-order valence-electron chi connectivity index (χ4n) is 2.80. The molecule has 2 amide bonds. The van der Waals surface area contributed by atoms with Crippen LogP contribution in [0.1, 0.15) is 17.3 Å². The quantitative estimate of drug-likeness (QED) is 0.205. The SMILES string of the molecule is CC(Oc1ccc(Cl)cc1Cl)C(=O)NNC(=S)NC(=O)c1cccc(OCCOc2ccccc2)c1.